The molecule has 0 radical (unpaired) electrons. The molecule has 0 unspecified atom stereocenters. The van der Waals surface area contributed by atoms with E-state index in [9.17, 15) is 4.39 Å². The van der Waals surface area contributed by atoms with Gasteiger partial charge in [0.1, 0.15) is 18.2 Å². The Morgan fingerprint density at radius 3 is 2.58 bits per heavy atom. The lowest BCUT2D eigenvalue weighted by molar-refractivity contribution is 0.305. The summed E-state index contributed by atoms with van der Waals surface area (Å²) in [7, 11) is 1.90. The quantitative estimate of drug-likeness (QED) is 0.901. The minimum atomic E-state index is -0.233. The first-order valence-electron chi connectivity index (χ1n) is 5.99. The molecule has 0 aliphatic carbocycles. The highest BCUT2D eigenvalue weighted by atomic mass is 79.9. The van der Waals surface area contributed by atoms with Crippen LogP contribution in [-0.4, -0.2) is 7.05 Å². The largest absolute Gasteiger partial charge is 0.489 e. The summed E-state index contributed by atoms with van der Waals surface area (Å²) in [6.07, 6.45) is 0. The molecule has 0 spiro atoms. The third-order valence-electron chi connectivity index (χ3n) is 2.70. The summed E-state index contributed by atoms with van der Waals surface area (Å²) in [5.74, 6) is 0.571. The lowest BCUT2D eigenvalue weighted by atomic mass is 10.2. The molecule has 0 heterocycles. The molecule has 4 heteroatoms. The van der Waals surface area contributed by atoms with Crippen LogP contribution in [0.4, 0.5) is 4.39 Å². The molecule has 100 valence electrons. The van der Waals surface area contributed by atoms with E-state index in [1.54, 1.807) is 12.1 Å². The van der Waals surface area contributed by atoms with Gasteiger partial charge in [-0.3, -0.25) is 0 Å². The summed E-state index contributed by atoms with van der Waals surface area (Å²) >= 11 is 3.50. The Morgan fingerprint density at radius 1 is 1.16 bits per heavy atom. The first-order chi connectivity index (χ1) is 9.19. The van der Waals surface area contributed by atoms with Crippen LogP contribution >= 0.6 is 15.9 Å². The second-order valence-electron chi connectivity index (χ2n) is 4.20. The topological polar surface area (TPSA) is 21.3 Å². The Labute approximate surface area is 120 Å². The molecular formula is C15H15BrFNO. The Morgan fingerprint density at radius 2 is 1.89 bits per heavy atom. The second kappa shape index (κ2) is 6.68. The maximum Gasteiger partial charge on any atom is 0.123 e. The number of nitrogens with one attached hydrogen (secondary N) is 1. The molecule has 2 aromatic carbocycles. The highest BCUT2D eigenvalue weighted by molar-refractivity contribution is 9.10. The summed E-state index contributed by atoms with van der Waals surface area (Å²) in [6, 6.07) is 12.2. The molecule has 0 amide bonds. The van der Waals surface area contributed by atoms with Gasteiger partial charge < -0.3 is 10.1 Å². The smallest absolute Gasteiger partial charge is 0.123 e. The summed E-state index contributed by atoms with van der Waals surface area (Å²) in [6.45, 7) is 1.20. The lowest BCUT2D eigenvalue weighted by Crippen LogP contribution is -2.06. The third-order valence-corrected chi connectivity index (χ3v) is 3.48. The summed E-state index contributed by atoms with van der Waals surface area (Å²) in [4.78, 5) is 0. The van der Waals surface area contributed by atoms with Crippen LogP contribution in [0, 0.1) is 5.82 Å². The van der Waals surface area contributed by atoms with E-state index in [0.717, 1.165) is 27.9 Å². The zero-order chi connectivity index (χ0) is 13.7. The van der Waals surface area contributed by atoms with E-state index in [4.69, 9.17) is 4.74 Å². The standard InChI is InChI=1S/C15H15BrFNO/c1-18-9-12-8-14(6-7-15(12)16)19-10-11-2-4-13(17)5-3-11/h2-8,18H,9-10H2,1H3. The molecular weight excluding hydrogens is 309 g/mol. The number of hydrogen-bond donors (Lipinski definition) is 1. The molecule has 19 heavy (non-hydrogen) atoms. The number of halogens is 2. The van der Waals surface area contributed by atoms with Gasteiger partial charge >= 0.3 is 0 Å². The van der Waals surface area contributed by atoms with Crippen molar-refractivity contribution in [2.45, 2.75) is 13.2 Å². The van der Waals surface area contributed by atoms with E-state index in [1.165, 1.54) is 12.1 Å². The van der Waals surface area contributed by atoms with Gasteiger partial charge in [0.05, 0.1) is 0 Å². The third kappa shape index (κ3) is 4.04. The number of ether oxygens (including phenoxy) is 1. The van der Waals surface area contributed by atoms with E-state index in [2.05, 4.69) is 21.2 Å². The molecule has 2 rings (SSSR count). The molecule has 0 aliphatic heterocycles. The van der Waals surface area contributed by atoms with Gasteiger partial charge in [0.15, 0.2) is 0 Å². The van der Waals surface area contributed by atoms with Crippen molar-refractivity contribution in [3.05, 3.63) is 63.9 Å². The van der Waals surface area contributed by atoms with E-state index < -0.39 is 0 Å². The van der Waals surface area contributed by atoms with Crippen LogP contribution in [0.3, 0.4) is 0 Å². The molecule has 0 saturated heterocycles. The van der Waals surface area contributed by atoms with Crippen molar-refractivity contribution < 1.29 is 9.13 Å². The van der Waals surface area contributed by atoms with Gasteiger partial charge in [-0.15, -0.1) is 0 Å². The molecule has 0 bridgehead atoms. The van der Waals surface area contributed by atoms with Crippen molar-refractivity contribution in [3.63, 3.8) is 0 Å². The second-order valence-corrected chi connectivity index (χ2v) is 5.05. The molecule has 2 aromatic rings. The zero-order valence-corrected chi connectivity index (χ0v) is 12.2. The first kappa shape index (κ1) is 14.0. The number of hydrogen-bond acceptors (Lipinski definition) is 2. The van der Waals surface area contributed by atoms with Crippen LogP contribution in [-0.2, 0) is 13.2 Å². The van der Waals surface area contributed by atoms with Gasteiger partial charge in [0.25, 0.3) is 0 Å². The Hall–Kier alpha value is -1.39. The minimum absolute atomic E-state index is 0.233. The van der Waals surface area contributed by atoms with Gasteiger partial charge in [0, 0.05) is 11.0 Å². The SMILES string of the molecule is CNCc1cc(OCc2ccc(F)cc2)ccc1Br. The van der Waals surface area contributed by atoms with Crippen LogP contribution in [0.2, 0.25) is 0 Å². The Bertz CT molecular complexity index is 542. The van der Waals surface area contributed by atoms with Crippen LogP contribution in [0.1, 0.15) is 11.1 Å². The average molecular weight is 324 g/mol. The highest BCUT2D eigenvalue weighted by Gasteiger charge is 2.02. The van der Waals surface area contributed by atoms with Crippen molar-refractivity contribution in [2.24, 2.45) is 0 Å². The van der Waals surface area contributed by atoms with Crippen LogP contribution in [0.25, 0.3) is 0 Å². The van der Waals surface area contributed by atoms with E-state index in [0.29, 0.717) is 6.61 Å². The normalized spacial score (nSPS) is 10.5. The molecule has 0 aliphatic rings. The maximum absolute atomic E-state index is 12.8. The van der Waals surface area contributed by atoms with Gasteiger partial charge in [-0.2, -0.15) is 0 Å². The van der Waals surface area contributed by atoms with E-state index >= 15 is 0 Å². The maximum atomic E-state index is 12.8. The van der Waals surface area contributed by atoms with Gasteiger partial charge in [-0.25, -0.2) is 4.39 Å². The fourth-order valence-electron chi connectivity index (χ4n) is 1.71. The molecule has 0 aromatic heterocycles. The van der Waals surface area contributed by atoms with E-state index in [1.807, 2.05) is 25.2 Å². The predicted molar refractivity (Wildman–Crippen MR) is 77.6 cm³/mol. The summed E-state index contributed by atoms with van der Waals surface area (Å²) < 4.78 is 19.5. The highest BCUT2D eigenvalue weighted by Crippen LogP contribution is 2.23. The van der Waals surface area contributed by atoms with E-state index in [-0.39, 0.29) is 5.82 Å². The van der Waals surface area contributed by atoms with Crippen LogP contribution in [0.15, 0.2) is 46.9 Å². The first-order valence-corrected chi connectivity index (χ1v) is 6.78. The molecule has 1 N–H and O–H groups in total. The Balaban J connectivity index is 2.03. The van der Waals surface area contributed by atoms with Crippen molar-refractivity contribution in [1.29, 1.82) is 0 Å². The predicted octanol–water partition coefficient (Wildman–Crippen LogP) is 3.89. The average Bonchev–Trinajstić information content (AvgIpc) is 2.42. The monoisotopic (exact) mass is 323 g/mol. The van der Waals surface area contributed by atoms with Gasteiger partial charge in [0.2, 0.25) is 0 Å². The van der Waals surface area contributed by atoms with Gasteiger partial charge in [-0.05, 0) is 48.5 Å². The van der Waals surface area contributed by atoms with Crippen LogP contribution in [0.5, 0.6) is 5.75 Å². The molecule has 2 nitrogen and oxygen atoms in total. The Kier molecular flexibility index (Phi) is 4.93. The number of rotatable bonds is 5. The minimum Gasteiger partial charge on any atom is -0.489 e. The molecule has 0 fully saturated rings. The molecule has 0 saturated carbocycles. The van der Waals surface area contributed by atoms with Crippen molar-refractivity contribution in [2.75, 3.05) is 7.05 Å². The molecule has 0 atom stereocenters. The zero-order valence-electron chi connectivity index (χ0n) is 10.6. The number of benzene rings is 2. The van der Waals surface area contributed by atoms with Crippen LogP contribution < -0.4 is 10.1 Å². The summed E-state index contributed by atoms with van der Waals surface area (Å²) in [5, 5.41) is 3.10. The van der Waals surface area contributed by atoms with Crippen molar-refractivity contribution in [3.8, 4) is 5.75 Å². The summed E-state index contributed by atoms with van der Waals surface area (Å²) in [5.41, 5.74) is 2.08. The van der Waals surface area contributed by atoms with Crippen molar-refractivity contribution >= 4 is 15.9 Å². The fraction of sp³-hybridized carbons (Fsp3) is 0.200. The fourth-order valence-corrected chi connectivity index (χ4v) is 2.10. The van der Waals surface area contributed by atoms with Crippen molar-refractivity contribution in [1.82, 2.24) is 5.32 Å². The van der Waals surface area contributed by atoms with Gasteiger partial charge in [-0.1, -0.05) is 28.1 Å². The lowest BCUT2D eigenvalue weighted by Gasteiger charge is -2.09.